The van der Waals surface area contributed by atoms with Gasteiger partial charge in [0.15, 0.2) is 9.79 Å². The van der Waals surface area contributed by atoms with Crippen molar-refractivity contribution in [1.82, 2.24) is 0 Å². The molecular formula is C18H25O4S+. The Balaban J connectivity index is 0.00000127. The zero-order valence-corrected chi connectivity index (χ0v) is 14.5. The average Bonchev–Trinajstić information content (AvgIpc) is 2.61. The SMILES string of the molecule is CC.OCCOc1ccc([SH+]c2cccc(OCCO)c2)cc1. The number of aliphatic hydroxyl groups is 2. The molecule has 5 heteroatoms. The molecule has 0 unspecified atom stereocenters. The maximum absolute atomic E-state index is 8.77. The van der Waals surface area contributed by atoms with Crippen molar-refractivity contribution in [2.45, 2.75) is 23.6 Å². The molecule has 0 radical (unpaired) electrons. The van der Waals surface area contributed by atoms with Crippen molar-refractivity contribution < 1.29 is 19.7 Å². The summed E-state index contributed by atoms with van der Waals surface area (Å²) in [6.07, 6.45) is 0. The Labute approximate surface area is 142 Å². The molecule has 0 amide bonds. The fourth-order valence-electron chi connectivity index (χ4n) is 1.74. The van der Waals surface area contributed by atoms with E-state index in [9.17, 15) is 0 Å². The molecule has 2 N–H and O–H groups in total. The van der Waals surface area contributed by atoms with Crippen LogP contribution in [0.1, 0.15) is 13.8 Å². The fourth-order valence-corrected chi connectivity index (χ4v) is 2.68. The summed E-state index contributed by atoms with van der Waals surface area (Å²) in [7, 11) is 0. The molecule has 126 valence electrons. The Morgan fingerprint density at radius 1 is 0.783 bits per heavy atom. The van der Waals surface area contributed by atoms with Crippen LogP contribution in [0.5, 0.6) is 11.5 Å². The number of rotatable bonds is 8. The van der Waals surface area contributed by atoms with Gasteiger partial charge in [-0.25, -0.2) is 0 Å². The van der Waals surface area contributed by atoms with Gasteiger partial charge in [0, 0.05) is 17.8 Å². The van der Waals surface area contributed by atoms with Crippen LogP contribution in [0.2, 0.25) is 0 Å². The van der Waals surface area contributed by atoms with E-state index in [1.807, 2.05) is 62.4 Å². The first kappa shape index (κ1) is 19.4. The predicted octanol–water partition coefficient (Wildman–Crippen LogP) is 2.69. The van der Waals surface area contributed by atoms with E-state index in [1.165, 1.54) is 0 Å². The quantitative estimate of drug-likeness (QED) is 0.574. The van der Waals surface area contributed by atoms with Gasteiger partial charge in [0.05, 0.1) is 13.2 Å². The van der Waals surface area contributed by atoms with Crippen LogP contribution in [0.15, 0.2) is 58.3 Å². The Morgan fingerprint density at radius 2 is 1.39 bits per heavy atom. The third kappa shape index (κ3) is 7.41. The molecule has 0 saturated carbocycles. The van der Waals surface area contributed by atoms with E-state index < -0.39 is 0 Å². The molecule has 2 rings (SSSR count). The molecule has 0 bridgehead atoms. The summed E-state index contributed by atoms with van der Waals surface area (Å²) in [5, 5.41) is 17.5. The maximum Gasteiger partial charge on any atom is 0.161 e. The Bertz CT molecular complexity index is 543. The molecule has 4 nitrogen and oxygen atoms in total. The molecule has 0 aliphatic heterocycles. The number of hydrogen-bond donors (Lipinski definition) is 2. The lowest BCUT2D eigenvalue weighted by atomic mass is 10.3. The summed E-state index contributed by atoms with van der Waals surface area (Å²) in [5.74, 6) is 1.51. The molecule has 0 atom stereocenters. The lowest BCUT2D eigenvalue weighted by Crippen LogP contribution is -2.02. The predicted molar refractivity (Wildman–Crippen MR) is 94.7 cm³/mol. The first-order chi connectivity index (χ1) is 11.3. The molecule has 0 saturated heterocycles. The summed E-state index contributed by atoms with van der Waals surface area (Å²) in [6.45, 7) is 4.64. The van der Waals surface area contributed by atoms with Crippen LogP contribution in [0.3, 0.4) is 0 Å². The normalized spacial score (nSPS) is 9.74. The zero-order valence-electron chi connectivity index (χ0n) is 13.6. The minimum atomic E-state index is 0.0112. The van der Waals surface area contributed by atoms with Gasteiger partial charge in [-0.2, -0.15) is 0 Å². The van der Waals surface area contributed by atoms with Crippen LogP contribution in [0.4, 0.5) is 0 Å². The van der Waals surface area contributed by atoms with Crippen molar-refractivity contribution >= 4 is 11.8 Å². The van der Waals surface area contributed by atoms with Crippen molar-refractivity contribution in [2.24, 2.45) is 0 Å². The second kappa shape index (κ2) is 11.8. The van der Waals surface area contributed by atoms with Gasteiger partial charge < -0.3 is 19.7 Å². The van der Waals surface area contributed by atoms with Crippen molar-refractivity contribution in [1.29, 1.82) is 0 Å². The monoisotopic (exact) mass is 337 g/mol. The minimum absolute atomic E-state index is 0.0112. The fraction of sp³-hybridized carbons (Fsp3) is 0.333. The van der Waals surface area contributed by atoms with E-state index in [1.54, 1.807) is 0 Å². The van der Waals surface area contributed by atoms with Crippen LogP contribution >= 0.6 is 0 Å². The van der Waals surface area contributed by atoms with Gasteiger partial charge in [-0.3, -0.25) is 0 Å². The number of thiol groups is 1. The van der Waals surface area contributed by atoms with E-state index in [0.717, 1.165) is 33.1 Å². The first-order valence-electron chi connectivity index (χ1n) is 7.71. The lowest BCUT2D eigenvalue weighted by molar-refractivity contribution is 0.201. The molecule has 0 heterocycles. The molecule has 0 aliphatic rings. The minimum Gasteiger partial charge on any atom is -0.491 e. The number of aliphatic hydroxyl groups excluding tert-OH is 2. The lowest BCUT2D eigenvalue weighted by Gasteiger charge is -2.04. The molecule has 23 heavy (non-hydrogen) atoms. The van der Waals surface area contributed by atoms with Crippen LogP contribution in [-0.4, -0.2) is 36.6 Å². The van der Waals surface area contributed by atoms with Gasteiger partial charge in [-0.1, -0.05) is 19.9 Å². The van der Waals surface area contributed by atoms with E-state index in [0.29, 0.717) is 13.2 Å². The molecular weight excluding hydrogens is 312 g/mol. The number of ether oxygens (including phenoxy) is 2. The number of hydrogen-bond acceptors (Lipinski definition) is 4. The van der Waals surface area contributed by atoms with E-state index in [-0.39, 0.29) is 13.2 Å². The zero-order chi connectivity index (χ0) is 16.9. The van der Waals surface area contributed by atoms with Crippen LogP contribution in [-0.2, 0) is 11.8 Å². The van der Waals surface area contributed by atoms with Gasteiger partial charge in [0.25, 0.3) is 0 Å². The Hall–Kier alpha value is -1.69. The maximum atomic E-state index is 8.77. The molecule has 0 aliphatic carbocycles. The van der Waals surface area contributed by atoms with Gasteiger partial charge in [-0.15, -0.1) is 0 Å². The topological polar surface area (TPSA) is 58.9 Å². The highest BCUT2D eigenvalue weighted by molar-refractivity contribution is 7.78. The van der Waals surface area contributed by atoms with E-state index >= 15 is 0 Å². The summed E-state index contributed by atoms with van der Waals surface area (Å²) in [4.78, 5) is 2.26. The van der Waals surface area contributed by atoms with Gasteiger partial charge in [0.2, 0.25) is 0 Å². The molecule has 0 aromatic heterocycles. The van der Waals surface area contributed by atoms with Crippen molar-refractivity contribution in [3.8, 4) is 11.5 Å². The second-order valence-electron chi connectivity index (χ2n) is 4.25. The van der Waals surface area contributed by atoms with Crippen LogP contribution in [0.25, 0.3) is 0 Å². The highest BCUT2D eigenvalue weighted by Crippen LogP contribution is 2.20. The van der Waals surface area contributed by atoms with Gasteiger partial charge in [-0.05, 0) is 36.4 Å². The van der Waals surface area contributed by atoms with Crippen LogP contribution in [0, 0.1) is 0 Å². The highest BCUT2D eigenvalue weighted by atomic mass is 32.2. The van der Waals surface area contributed by atoms with E-state index in [2.05, 4.69) is 0 Å². The Morgan fingerprint density at radius 3 is 2.00 bits per heavy atom. The van der Waals surface area contributed by atoms with Gasteiger partial charge in [0.1, 0.15) is 24.7 Å². The van der Waals surface area contributed by atoms with Crippen molar-refractivity contribution in [2.75, 3.05) is 26.4 Å². The third-order valence-electron chi connectivity index (χ3n) is 2.63. The Kier molecular flexibility index (Phi) is 9.95. The smallest absolute Gasteiger partial charge is 0.161 e. The van der Waals surface area contributed by atoms with Crippen molar-refractivity contribution in [3.05, 3.63) is 48.5 Å². The third-order valence-corrected chi connectivity index (χ3v) is 3.73. The van der Waals surface area contributed by atoms with Gasteiger partial charge >= 0.3 is 0 Å². The average molecular weight is 337 g/mol. The summed E-state index contributed by atoms with van der Waals surface area (Å²) in [6, 6.07) is 15.6. The highest BCUT2D eigenvalue weighted by Gasteiger charge is 2.08. The first-order valence-corrected chi connectivity index (χ1v) is 8.60. The summed E-state index contributed by atoms with van der Waals surface area (Å²) in [5.41, 5.74) is 0. The standard InChI is InChI=1S/C16H18O4S.C2H6/c17-8-10-19-13-4-6-15(7-5-13)21-16-3-1-2-14(12-16)20-11-9-18;1-2/h1-7,12,17-18H,8-11H2;1-2H3/p+1. The molecule has 2 aromatic rings. The summed E-state index contributed by atoms with van der Waals surface area (Å²) < 4.78 is 10.7. The largest absolute Gasteiger partial charge is 0.491 e. The molecule has 2 aromatic carbocycles. The molecule has 0 fully saturated rings. The van der Waals surface area contributed by atoms with E-state index in [4.69, 9.17) is 19.7 Å². The summed E-state index contributed by atoms with van der Waals surface area (Å²) >= 11 is 1.07. The second-order valence-corrected chi connectivity index (χ2v) is 5.50. The molecule has 0 spiro atoms. The number of benzene rings is 2. The van der Waals surface area contributed by atoms with Crippen LogP contribution < -0.4 is 9.47 Å². The van der Waals surface area contributed by atoms with Crippen molar-refractivity contribution in [3.63, 3.8) is 0 Å².